The fourth-order valence-corrected chi connectivity index (χ4v) is 2.10. The largest absolute Gasteiger partial charge is 0.493 e. The Bertz CT molecular complexity index is 677. The van der Waals surface area contributed by atoms with Gasteiger partial charge in [0, 0.05) is 45.5 Å². The second-order valence-electron chi connectivity index (χ2n) is 5.40. The van der Waals surface area contributed by atoms with Crippen molar-refractivity contribution in [3.63, 3.8) is 0 Å². The summed E-state index contributed by atoms with van der Waals surface area (Å²) in [7, 11) is 3.59. The summed E-state index contributed by atoms with van der Waals surface area (Å²) in [5, 5.41) is 14.4. The molecule has 8 nitrogen and oxygen atoms in total. The number of hydrogen-bond donors (Lipinski definition) is 2. The van der Waals surface area contributed by atoms with Gasteiger partial charge in [-0.2, -0.15) is 0 Å². The van der Waals surface area contributed by atoms with Gasteiger partial charge in [-0.15, -0.1) is 34.2 Å². The van der Waals surface area contributed by atoms with Crippen LogP contribution in [0.5, 0.6) is 5.75 Å². The molecule has 2 rings (SSSR count). The molecule has 144 valence electrons. The fourth-order valence-electron chi connectivity index (χ4n) is 2.10. The van der Waals surface area contributed by atoms with Crippen molar-refractivity contribution in [1.29, 1.82) is 0 Å². The number of hydrogen-bond acceptors (Lipinski definition) is 5. The van der Waals surface area contributed by atoms with Crippen molar-refractivity contribution >= 4 is 35.6 Å². The number of anilines is 1. The van der Waals surface area contributed by atoms with E-state index in [1.165, 1.54) is 0 Å². The van der Waals surface area contributed by atoms with Gasteiger partial charge in [0.05, 0.1) is 6.61 Å². The van der Waals surface area contributed by atoms with Gasteiger partial charge in [0.1, 0.15) is 18.6 Å². The minimum Gasteiger partial charge on any atom is -0.493 e. The Morgan fingerprint density at radius 2 is 2.15 bits per heavy atom. The lowest BCUT2D eigenvalue weighted by Crippen LogP contribution is -2.30. The zero-order chi connectivity index (χ0) is 17.9. The first-order valence-electron chi connectivity index (χ1n) is 8.33. The molecule has 0 aliphatic carbocycles. The van der Waals surface area contributed by atoms with Crippen LogP contribution >= 0.6 is 24.0 Å². The van der Waals surface area contributed by atoms with E-state index in [9.17, 15) is 0 Å². The van der Waals surface area contributed by atoms with E-state index in [4.69, 9.17) is 9.47 Å². The van der Waals surface area contributed by atoms with Gasteiger partial charge in [-0.25, -0.2) is 4.99 Å². The highest BCUT2D eigenvalue weighted by molar-refractivity contribution is 14.0. The number of nitrogens with one attached hydrogen (secondary N) is 2. The predicted molar refractivity (Wildman–Crippen MR) is 113 cm³/mol. The summed E-state index contributed by atoms with van der Waals surface area (Å²) in [5.74, 6) is 2.29. The van der Waals surface area contributed by atoms with E-state index in [-0.39, 0.29) is 24.0 Å². The number of aromatic nitrogens is 3. The fraction of sp³-hybridized carbons (Fsp3) is 0.471. The van der Waals surface area contributed by atoms with Gasteiger partial charge in [-0.3, -0.25) is 0 Å². The first-order chi connectivity index (χ1) is 12.2. The second-order valence-corrected chi connectivity index (χ2v) is 5.40. The monoisotopic (exact) mass is 474 g/mol. The number of halogens is 1. The third-order valence-corrected chi connectivity index (χ3v) is 3.39. The van der Waals surface area contributed by atoms with Gasteiger partial charge in [-0.1, -0.05) is 6.07 Å². The van der Waals surface area contributed by atoms with Crippen LogP contribution in [-0.4, -0.2) is 47.6 Å². The highest BCUT2D eigenvalue weighted by Crippen LogP contribution is 2.17. The van der Waals surface area contributed by atoms with Gasteiger partial charge >= 0.3 is 0 Å². The van der Waals surface area contributed by atoms with Crippen molar-refractivity contribution in [3.8, 4) is 5.75 Å². The predicted octanol–water partition coefficient (Wildman–Crippen LogP) is 2.43. The normalized spacial score (nSPS) is 11.0. The number of benzene rings is 1. The zero-order valence-electron chi connectivity index (χ0n) is 15.4. The molecule has 0 atom stereocenters. The van der Waals surface area contributed by atoms with E-state index in [0.29, 0.717) is 25.7 Å². The van der Waals surface area contributed by atoms with E-state index in [0.717, 1.165) is 30.2 Å². The molecular formula is C17H27IN6O2. The molecule has 26 heavy (non-hydrogen) atoms. The Balaban J connectivity index is 0.00000338. The molecule has 0 spiro atoms. The molecule has 1 aromatic heterocycles. The summed E-state index contributed by atoms with van der Waals surface area (Å²) in [6, 6.07) is 7.79. The Kier molecular flexibility index (Phi) is 10.6. The van der Waals surface area contributed by atoms with Crippen molar-refractivity contribution in [3.05, 3.63) is 36.4 Å². The maximum absolute atomic E-state index is 5.72. The van der Waals surface area contributed by atoms with Crippen LogP contribution in [0.15, 0.2) is 35.6 Å². The standard InChI is InChI=1S/C17H26N6O2.HI/c1-4-18-17(19-12-16-22-20-13-23(16)2)21-14-7-5-8-15(11-14)25-10-6-9-24-3;/h5,7-8,11,13H,4,6,9-10,12H2,1-3H3,(H2,18,19,21);1H. The van der Waals surface area contributed by atoms with Gasteiger partial charge in [0.15, 0.2) is 11.8 Å². The highest BCUT2D eigenvalue weighted by atomic mass is 127. The number of rotatable bonds is 9. The van der Waals surface area contributed by atoms with Crippen molar-refractivity contribution in [1.82, 2.24) is 20.1 Å². The van der Waals surface area contributed by atoms with Crippen LogP contribution in [0.2, 0.25) is 0 Å². The van der Waals surface area contributed by atoms with E-state index in [1.807, 2.05) is 42.8 Å². The molecule has 2 N–H and O–H groups in total. The van der Waals surface area contributed by atoms with Crippen LogP contribution in [0.1, 0.15) is 19.2 Å². The smallest absolute Gasteiger partial charge is 0.196 e. The van der Waals surface area contributed by atoms with Crippen LogP contribution in [0.4, 0.5) is 5.69 Å². The molecule has 0 radical (unpaired) electrons. The summed E-state index contributed by atoms with van der Waals surface area (Å²) >= 11 is 0. The molecule has 0 aliphatic heterocycles. The van der Waals surface area contributed by atoms with E-state index >= 15 is 0 Å². The Hall–Kier alpha value is -1.88. The third kappa shape index (κ3) is 7.56. The lowest BCUT2D eigenvalue weighted by Gasteiger charge is -2.12. The van der Waals surface area contributed by atoms with Gasteiger partial charge < -0.3 is 24.7 Å². The van der Waals surface area contributed by atoms with Crippen molar-refractivity contribution in [2.24, 2.45) is 12.0 Å². The topological polar surface area (TPSA) is 85.6 Å². The SMILES string of the molecule is CCNC(=NCc1nncn1C)Nc1cccc(OCCCOC)c1.I. The molecule has 0 aliphatic rings. The molecule has 2 aromatic rings. The Labute approximate surface area is 171 Å². The maximum atomic E-state index is 5.72. The molecular weight excluding hydrogens is 447 g/mol. The number of nitrogens with zero attached hydrogens (tertiary/aromatic N) is 4. The number of ether oxygens (including phenoxy) is 2. The number of guanidine groups is 1. The molecule has 1 heterocycles. The molecule has 0 amide bonds. The molecule has 0 unspecified atom stereocenters. The summed E-state index contributed by atoms with van der Waals surface area (Å²) in [6.45, 7) is 4.54. The Morgan fingerprint density at radius 3 is 2.85 bits per heavy atom. The summed E-state index contributed by atoms with van der Waals surface area (Å²) < 4.78 is 12.6. The lowest BCUT2D eigenvalue weighted by atomic mass is 10.3. The summed E-state index contributed by atoms with van der Waals surface area (Å²) in [6.07, 6.45) is 2.52. The first-order valence-corrected chi connectivity index (χ1v) is 8.33. The number of aliphatic imine (C=N–C) groups is 1. The molecule has 0 bridgehead atoms. The Morgan fingerprint density at radius 1 is 1.31 bits per heavy atom. The average Bonchev–Trinajstić information content (AvgIpc) is 3.02. The molecule has 0 saturated carbocycles. The zero-order valence-corrected chi connectivity index (χ0v) is 17.8. The van der Waals surface area contributed by atoms with Crippen LogP contribution in [0.25, 0.3) is 0 Å². The summed E-state index contributed by atoms with van der Waals surface area (Å²) in [4.78, 5) is 4.54. The highest BCUT2D eigenvalue weighted by Gasteiger charge is 2.03. The van der Waals surface area contributed by atoms with Gasteiger partial charge in [0.2, 0.25) is 0 Å². The number of methoxy groups -OCH3 is 1. The van der Waals surface area contributed by atoms with Crippen molar-refractivity contribution in [2.45, 2.75) is 19.9 Å². The van der Waals surface area contributed by atoms with E-state index < -0.39 is 0 Å². The minimum atomic E-state index is 0. The van der Waals surface area contributed by atoms with E-state index in [1.54, 1.807) is 13.4 Å². The van der Waals surface area contributed by atoms with Crippen LogP contribution < -0.4 is 15.4 Å². The first kappa shape index (κ1) is 22.2. The maximum Gasteiger partial charge on any atom is 0.196 e. The second kappa shape index (κ2) is 12.5. The third-order valence-electron chi connectivity index (χ3n) is 3.39. The van der Waals surface area contributed by atoms with Crippen LogP contribution in [-0.2, 0) is 18.3 Å². The summed E-state index contributed by atoms with van der Waals surface area (Å²) in [5.41, 5.74) is 0.905. The van der Waals surface area contributed by atoms with Crippen molar-refractivity contribution < 1.29 is 9.47 Å². The van der Waals surface area contributed by atoms with Crippen LogP contribution in [0.3, 0.4) is 0 Å². The lowest BCUT2D eigenvalue weighted by molar-refractivity contribution is 0.172. The van der Waals surface area contributed by atoms with Gasteiger partial charge in [-0.05, 0) is 19.1 Å². The number of aryl methyl sites for hydroxylation is 1. The minimum absolute atomic E-state index is 0. The van der Waals surface area contributed by atoms with Crippen molar-refractivity contribution in [2.75, 3.05) is 32.2 Å². The quantitative estimate of drug-likeness (QED) is 0.251. The van der Waals surface area contributed by atoms with Gasteiger partial charge in [0.25, 0.3) is 0 Å². The average molecular weight is 474 g/mol. The van der Waals surface area contributed by atoms with E-state index in [2.05, 4.69) is 25.8 Å². The molecule has 9 heteroatoms. The molecule has 1 aromatic carbocycles. The molecule has 0 saturated heterocycles. The van der Waals surface area contributed by atoms with Crippen LogP contribution in [0, 0.1) is 0 Å². The molecule has 0 fully saturated rings.